The summed E-state index contributed by atoms with van der Waals surface area (Å²) in [5.41, 5.74) is 0.891. The van der Waals surface area contributed by atoms with Crippen LogP contribution in [0.2, 0.25) is 0 Å². The molecular weight excluding hydrogens is 236 g/mol. The Morgan fingerprint density at radius 1 is 1.35 bits per heavy atom. The largest absolute Gasteiger partial charge is 0.280 e. The Bertz CT molecular complexity index is 403. The molecule has 0 aromatic heterocycles. The molecule has 0 saturated heterocycles. The van der Waals surface area contributed by atoms with E-state index in [0.717, 1.165) is 16.9 Å². The third-order valence-electron chi connectivity index (χ3n) is 2.44. The smallest absolute Gasteiger partial charge is 0.240 e. The number of amides is 1. The minimum Gasteiger partial charge on any atom is -0.280 e. The second-order valence-corrected chi connectivity index (χ2v) is 5.44. The van der Waals surface area contributed by atoms with Gasteiger partial charge in [-0.05, 0) is 24.1 Å². The topological polar surface area (TPSA) is 63.4 Å². The van der Waals surface area contributed by atoms with E-state index < -0.39 is 10.8 Å². The molecule has 0 saturated carbocycles. The van der Waals surface area contributed by atoms with Crippen molar-refractivity contribution in [1.82, 2.24) is 5.01 Å². The predicted molar refractivity (Wildman–Crippen MR) is 70.0 cm³/mol. The quantitative estimate of drug-likeness (QED) is 0.281. The molecular formula is C12H19N2O2S+. The Morgan fingerprint density at radius 3 is 2.41 bits per heavy atom. The van der Waals surface area contributed by atoms with E-state index in [1.807, 2.05) is 19.1 Å². The molecule has 0 aliphatic rings. The van der Waals surface area contributed by atoms with E-state index in [4.69, 9.17) is 5.84 Å². The number of carbonyl (C=O) groups is 1. The molecule has 2 N–H and O–H groups in total. The number of hydrazine groups is 1. The summed E-state index contributed by atoms with van der Waals surface area (Å²) in [5, 5.41) is 1.24. The van der Waals surface area contributed by atoms with Crippen LogP contribution in [0.25, 0.3) is 0 Å². The summed E-state index contributed by atoms with van der Waals surface area (Å²) in [5.74, 6) is 5.49. The van der Waals surface area contributed by atoms with Gasteiger partial charge in [0.15, 0.2) is 4.90 Å². The van der Waals surface area contributed by atoms with Crippen molar-refractivity contribution in [3.8, 4) is 0 Å². The molecule has 0 radical (unpaired) electrons. The van der Waals surface area contributed by atoms with Crippen molar-refractivity contribution in [1.29, 1.82) is 0 Å². The van der Waals surface area contributed by atoms with Gasteiger partial charge in [0.2, 0.25) is 5.91 Å². The maximum absolute atomic E-state index is 11.7. The fraction of sp³-hybridized carbons (Fsp3) is 0.417. The number of nitrogens with two attached hydrogens (primary N) is 1. The molecule has 17 heavy (non-hydrogen) atoms. The van der Waals surface area contributed by atoms with Crippen molar-refractivity contribution in [3.63, 3.8) is 0 Å². The molecule has 0 heterocycles. The van der Waals surface area contributed by atoms with Crippen molar-refractivity contribution >= 4 is 16.7 Å². The van der Waals surface area contributed by atoms with Crippen molar-refractivity contribution in [3.05, 3.63) is 29.8 Å². The number of rotatable bonds is 5. The average molecular weight is 255 g/mol. The summed E-state index contributed by atoms with van der Waals surface area (Å²) >= 11 is 0. The van der Waals surface area contributed by atoms with Crippen LogP contribution in [0.3, 0.4) is 0 Å². The zero-order valence-corrected chi connectivity index (χ0v) is 11.1. The van der Waals surface area contributed by atoms with Crippen LogP contribution in [0, 0.1) is 0 Å². The Labute approximate surface area is 104 Å². The zero-order valence-electron chi connectivity index (χ0n) is 10.2. The van der Waals surface area contributed by atoms with Gasteiger partial charge in [0.25, 0.3) is 0 Å². The first kappa shape index (κ1) is 13.9. The van der Waals surface area contributed by atoms with E-state index >= 15 is 0 Å². The van der Waals surface area contributed by atoms with Crippen molar-refractivity contribution < 1.29 is 9.00 Å². The van der Waals surface area contributed by atoms with Gasteiger partial charge in [0, 0.05) is 6.54 Å². The summed E-state index contributed by atoms with van der Waals surface area (Å²) in [7, 11) is -1.32. The standard InChI is InChI=1S/C12H18N2O2S/c1-3-8-14(13)12(15)9-10-4-6-11(7-5-10)17(2)16/h4-7H,3,8-9,13H2,1-2H3/p+1. The molecule has 1 aromatic carbocycles. The van der Waals surface area contributed by atoms with E-state index in [-0.39, 0.29) is 12.3 Å². The molecule has 94 valence electrons. The number of hydrogen-bond donors (Lipinski definition) is 1. The molecule has 1 aromatic rings. The van der Waals surface area contributed by atoms with Crippen LogP contribution >= 0.6 is 0 Å². The van der Waals surface area contributed by atoms with Gasteiger partial charge in [-0.3, -0.25) is 9.80 Å². The van der Waals surface area contributed by atoms with Gasteiger partial charge in [0.1, 0.15) is 17.1 Å². The van der Waals surface area contributed by atoms with Crippen LogP contribution in [0.1, 0.15) is 18.9 Å². The molecule has 5 heteroatoms. The second-order valence-electron chi connectivity index (χ2n) is 3.93. The Hall–Kier alpha value is -1.20. The lowest BCUT2D eigenvalue weighted by molar-refractivity contribution is -0.130. The highest BCUT2D eigenvalue weighted by Crippen LogP contribution is 2.09. The highest BCUT2D eigenvalue weighted by molar-refractivity contribution is 7.84. The Kier molecular flexibility index (Phi) is 5.31. The molecule has 0 aliphatic carbocycles. The first-order valence-electron chi connectivity index (χ1n) is 5.59. The molecule has 0 fully saturated rings. The summed E-state index contributed by atoms with van der Waals surface area (Å²) in [6.07, 6.45) is 2.80. The van der Waals surface area contributed by atoms with Crippen LogP contribution in [-0.2, 0) is 26.2 Å². The van der Waals surface area contributed by atoms with Gasteiger partial charge in [-0.15, -0.1) is 4.21 Å². The van der Waals surface area contributed by atoms with Gasteiger partial charge < -0.3 is 0 Å². The van der Waals surface area contributed by atoms with Crippen LogP contribution in [0.5, 0.6) is 0 Å². The van der Waals surface area contributed by atoms with Gasteiger partial charge in [-0.1, -0.05) is 19.1 Å². The number of benzene rings is 1. The van der Waals surface area contributed by atoms with E-state index in [1.165, 1.54) is 5.01 Å². The molecule has 1 rings (SSSR count). The summed E-state index contributed by atoms with van der Waals surface area (Å²) in [6, 6.07) is 7.23. The molecule has 4 nitrogen and oxygen atoms in total. The lowest BCUT2D eigenvalue weighted by atomic mass is 10.1. The number of nitrogens with zero attached hydrogens (tertiary/aromatic N) is 1. The van der Waals surface area contributed by atoms with E-state index in [2.05, 4.69) is 0 Å². The van der Waals surface area contributed by atoms with Gasteiger partial charge in [0.05, 0.1) is 6.42 Å². The monoisotopic (exact) mass is 255 g/mol. The fourth-order valence-corrected chi connectivity index (χ4v) is 2.03. The predicted octanol–water partition coefficient (Wildman–Crippen LogP) is 1.03. The van der Waals surface area contributed by atoms with E-state index in [1.54, 1.807) is 18.4 Å². The molecule has 0 bridgehead atoms. The lowest BCUT2D eigenvalue weighted by Gasteiger charge is -2.15. The summed E-state index contributed by atoms with van der Waals surface area (Å²) in [6.45, 7) is 2.54. The van der Waals surface area contributed by atoms with Crippen LogP contribution in [0.4, 0.5) is 0 Å². The number of carbonyl (C=O) groups excluding carboxylic acids is 1. The molecule has 1 unspecified atom stereocenters. The first-order chi connectivity index (χ1) is 8.04. The minimum absolute atomic E-state index is 0.0968. The highest BCUT2D eigenvalue weighted by atomic mass is 32.2. The van der Waals surface area contributed by atoms with Crippen LogP contribution in [-0.4, -0.2) is 23.7 Å². The lowest BCUT2D eigenvalue weighted by Crippen LogP contribution is -2.38. The normalized spacial score (nSPS) is 12.2. The zero-order chi connectivity index (χ0) is 12.8. The van der Waals surface area contributed by atoms with Crippen molar-refractivity contribution in [2.24, 2.45) is 5.84 Å². The maximum atomic E-state index is 11.7. The number of hydrogen-bond acceptors (Lipinski definition) is 3. The van der Waals surface area contributed by atoms with E-state index in [9.17, 15) is 9.00 Å². The number of thiol groups is 1. The van der Waals surface area contributed by atoms with Crippen molar-refractivity contribution in [2.75, 3.05) is 12.8 Å². The Balaban J connectivity index is 2.63. The molecule has 1 atom stereocenters. The third-order valence-corrected chi connectivity index (χ3v) is 3.47. The van der Waals surface area contributed by atoms with Crippen LogP contribution < -0.4 is 5.84 Å². The van der Waals surface area contributed by atoms with Gasteiger partial charge >= 0.3 is 0 Å². The average Bonchev–Trinajstić information content (AvgIpc) is 2.30. The van der Waals surface area contributed by atoms with Gasteiger partial charge in [-0.2, -0.15) is 0 Å². The Morgan fingerprint density at radius 2 is 1.94 bits per heavy atom. The summed E-state index contributed by atoms with van der Waals surface area (Å²) in [4.78, 5) is 12.5. The third kappa shape index (κ3) is 4.28. The second kappa shape index (κ2) is 6.51. The maximum Gasteiger partial charge on any atom is 0.240 e. The molecule has 0 spiro atoms. The van der Waals surface area contributed by atoms with Crippen LogP contribution in [0.15, 0.2) is 29.2 Å². The summed E-state index contributed by atoms with van der Waals surface area (Å²) < 4.78 is 11.2. The highest BCUT2D eigenvalue weighted by Gasteiger charge is 2.10. The van der Waals surface area contributed by atoms with E-state index in [0.29, 0.717) is 6.54 Å². The minimum atomic E-state index is -1.32. The first-order valence-corrected chi connectivity index (χ1v) is 7.30. The fourth-order valence-electron chi connectivity index (χ4n) is 1.47. The molecule has 0 aliphatic heterocycles. The molecule has 1 amide bonds. The van der Waals surface area contributed by atoms with Gasteiger partial charge in [-0.25, -0.2) is 5.84 Å². The SMILES string of the molecule is CCCN(N)C(=O)Cc1ccc([SH+](C)=O)cc1. The van der Waals surface area contributed by atoms with Crippen molar-refractivity contribution in [2.45, 2.75) is 24.7 Å².